The number of benzene rings is 2. The number of oxime groups is 1. The molecule has 6 unspecified atom stereocenters. The fourth-order valence-corrected chi connectivity index (χ4v) is 9.82. The van der Waals surface area contributed by atoms with E-state index in [-0.39, 0.29) is 49.4 Å². The molecule has 1 heterocycles. The van der Waals surface area contributed by atoms with Gasteiger partial charge in [0.2, 0.25) is 11.7 Å². The molecule has 1 aliphatic heterocycles. The fraction of sp³-hybridized carbons (Fsp3) is 0.609. The Morgan fingerprint density at radius 3 is 2.44 bits per heavy atom. The van der Waals surface area contributed by atoms with Gasteiger partial charge in [0, 0.05) is 44.6 Å². The van der Waals surface area contributed by atoms with E-state index in [4.69, 9.17) is 24.2 Å². The standard InChI is InChI=1S/C46H64N2O7/c1-6-26-52-46-42(48(5)43(51)23-19-33-14-8-9-15-33)30-40(47-53-7-2)38-28-34(16-10-12-24-49)37(17-11-13-25-50)44(45(38)46)39-29-36(21-22-41(39)55-46)54-35-20-18-31(3)32(4)27-35/h6,18,20-22,27-29,33-34,37,42,44-45,49-50H,1,7-17,19,23-26,30H2,2-5H3. The number of hydrogen-bond acceptors (Lipinski definition) is 8. The number of nitrogens with zero attached hydrogens (tertiary/aromatic N) is 2. The summed E-state index contributed by atoms with van der Waals surface area (Å²) in [6.07, 6.45) is 15.8. The van der Waals surface area contributed by atoms with Gasteiger partial charge in [-0.3, -0.25) is 4.79 Å². The minimum atomic E-state index is -1.23. The lowest BCUT2D eigenvalue weighted by molar-refractivity contribution is -0.255. The highest BCUT2D eigenvalue weighted by molar-refractivity contribution is 6.03. The van der Waals surface area contributed by atoms with Crippen molar-refractivity contribution in [3.8, 4) is 17.2 Å². The van der Waals surface area contributed by atoms with Crippen LogP contribution in [0.1, 0.15) is 113 Å². The molecule has 1 amide bonds. The topological polar surface area (TPSA) is 110 Å². The second-order valence-electron chi connectivity index (χ2n) is 16.2. The van der Waals surface area contributed by atoms with Crippen molar-refractivity contribution in [2.45, 2.75) is 122 Å². The van der Waals surface area contributed by atoms with Crippen LogP contribution in [0.25, 0.3) is 0 Å². The first-order chi connectivity index (χ1) is 26.7. The van der Waals surface area contributed by atoms with Crippen LogP contribution in [0.15, 0.2) is 65.9 Å². The van der Waals surface area contributed by atoms with Crippen molar-refractivity contribution in [3.63, 3.8) is 0 Å². The van der Waals surface area contributed by atoms with E-state index in [2.05, 4.69) is 44.7 Å². The van der Waals surface area contributed by atoms with Gasteiger partial charge in [-0.15, -0.1) is 6.58 Å². The normalized spacial score (nSPS) is 26.5. The van der Waals surface area contributed by atoms with Gasteiger partial charge in [0.1, 0.15) is 29.9 Å². The van der Waals surface area contributed by atoms with Crippen LogP contribution in [-0.4, -0.2) is 72.0 Å². The second-order valence-corrected chi connectivity index (χ2v) is 16.2. The van der Waals surface area contributed by atoms with Gasteiger partial charge in [0.05, 0.1) is 18.2 Å². The Kier molecular flexibility index (Phi) is 14.1. The lowest BCUT2D eigenvalue weighted by atomic mass is 9.55. The molecule has 0 spiro atoms. The van der Waals surface area contributed by atoms with Crippen LogP contribution in [0.5, 0.6) is 17.2 Å². The van der Waals surface area contributed by atoms with Crippen LogP contribution in [-0.2, 0) is 14.4 Å². The van der Waals surface area contributed by atoms with Crippen LogP contribution in [0.3, 0.4) is 0 Å². The van der Waals surface area contributed by atoms with E-state index in [1.807, 2.05) is 37.1 Å². The lowest BCUT2D eigenvalue weighted by Crippen LogP contribution is -2.69. The summed E-state index contributed by atoms with van der Waals surface area (Å²) in [7, 11) is 1.90. The zero-order chi connectivity index (χ0) is 39.0. The first-order valence-electron chi connectivity index (χ1n) is 21.0. The van der Waals surface area contributed by atoms with Gasteiger partial charge in [0.25, 0.3) is 0 Å². The summed E-state index contributed by atoms with van der Waals surface area (Å²) in [6.45, 7) is 11.1. The predicted molar refractivity (Wildman–Crippen MR) is 217 cm³/mol. The molecular formula is C46H64N2O7. The molecule has 2 aromatic carbocycles. The van der Waals surface area contributed by atoms with Gasteiger partial charge in [-0.05, 0) is 118 Å². The maximum absolute atomic E-state index is 14.3. The molecule has 300 valence electrons. The predicted octanol–water partition coefficient (Wildman–Crippen LogP) is 9.18. The summed E-state index contributed by atoms with van der Waals surface area (Å²) in [5, 5.41) is 24.5. The second kappa shape index (κ2) is 19.0. The van der Waals surface area contributed by atoms with Crippen molar-refractivity contribution in [1.29, 1.82) is 0 Å². The van der Waals surface area contributed by atoms with E-state index >= 15 is 0 Å². The van der Waals surface area contributed by atoms with E-state index in [0.717, 1.165) is 78.2 Å². The Balaban J connectivity index is 1.51. The summed E-state index contributed by atoms with van der Waals surface area (Å²) in [5.74, 6) is 1.58. The van der Waals surface area contributed by atoms with E-state index in [9.17, 15) is 15.0 Å². The van der Waals surface area contributed by atoms with Crippen LogP contribution in [0.4, 0.5) is 0 Å². The van der Waals surface area contributed by atoms with Crippen molar-refractivity contribution in [2.24, 2.45) is 28.8 Å². The molecular weight excluding hydrogens is 693 g/mol. The number of fused-ring (bicyclic) bond motifs is 2. The molecule has 6 atom stereocenters. The van der Waals surface area contributed by atoms with Gasteiger partial charge < -0.3 is 34.2 Å². The Morgan fingerprint density at radius 2 is 1.73 bits per heavy atom. The SMILES string of the molecule is C=CCOC12Oc3ccc(Oc4ccc(C)c(C)c4)cc3C3C(CCCCO)C(CCCCO)C=C(C(=NOCC)CC1N(C)C(=O)CCC1CCCC1)C32. The minimum absolute atomic E-state index is 0.0851. The molecule has 6 rings (SSSR count). The first kappa shape index (κ1) is 41.0. The lowest BCUT2D eigenvalue weighted by Gasteiger charge is -2.59. The average molecular weight is 757 g/mol. The van der Waals surface area contributed by atoms with Crippen LogP contribution < -0.4 is 9.47 Å². The number of allylic oxidation sites excluding steroid dienone is 1. The fourth-order valence-electron chi connectivity index (χ4n) is 9.82. The zero-order valence-electron chi connectivity index (χ0n) is 33.6. The highest BCUT2D eigenvalue weighted by atomic mass is 16.7. The number of aliphatic hydroxyl groups is 2. The highest BCUT2D eigenvalue weighted by Gasteiger charge is 2.65. The number of ether oxygens (including phenoxy) is 3. The largest absolute Gasteiger partial charge is 0.459 e. The summed E-state index contributed by atoms with van der Waals surface area (Å²) in [6, 6.07) is 11.8. The number of unbranched alkanes of at least 4 members (excludes halogenated alkanes) is 2. The molecule has 9 nitrogen and oxygen atoms in total. The number of rotatable bonds is 19. The molecule has 4 aliphatic rings. The van der Waals surface area contributed by atoms with Crippen molar-refractivity contribution < 1.29 is 34.1 Å². The summed E-state index contributed by atoms with van der Waals surface area (Å²) in [5.41, 5.74) is 5.29. The van der Waals surface area contributed by atoms with Crippen LogP contribution >= 0.6 is 0 Å². The smallest absolute Gasteiger partial charge is 0.239 e. The molecule has 3 aliphatic carbocycles. The third-order valence-electron chi connectivity index (χ3n) is 12.8. The highest BCUT2D eigenvalue weighted by Crippen LogP contribution is 2.62. The Labute approximate surface area is 328 Å². The quantitative estimate of drug-likeness (QED) is 0.0836. The third-order valence-corrected chi connectivity index (χ3v) is 12.8. The van der Waals surface area contributed by atoms with E-state index in [1.165, 1.54) is 31.2 Å². The van der Waals surface area contributed by atoms with E-state index in [1.54, 1.807) is 6.08 Å². The number of hydrogen-bond donors (Lipinski definition) is 2. The molecule has 0 aromatic heterocycles. The van der Waals surface area contributed by atoms with Gasteiger partial charge in [0.15, 0.2) is 0 Å². The molecule has 2 saturated carbocycles. The molecule has 2 aromatic rings. The molecule has 9 heteroatoms. The first-order valence-corrected chi connectivity index (χ1v) is 21.0. The number of likely N-dealkylation sites (N-methyl/N-ethyl adjacent to an activating group) is 1. The zero-order valence-corrected chi connectivity index (χ0v) is 33.6. The Morgan fingerprint density at radius 1 is 1.00 bits per heavy atom. The molecule has 0 saturated heterocycles. The van der Waals surface area contributed by atoms with Crippen LogP contribution in [0, 0.1) is 37.5 Å². The van der Waals surface area contributed by atoms with Gasteiger partial charge in [-0.2, -0.15) is 0 Å². The van der Waals surface area contributed by atoms with Gasteiger partial charge in [-0.25, -0.2) is 0 Å². The molecule has 0 bridgehead atoms. The number of carbonyl (C=O) groups excluding carboxylic acids is 1. The molecule has 2 N–H and O–H groups in total. The van der Waals surface area contributed by atoms with Crippen LogP contribution in [0.2, 0.25) is 0 Å². The average Bonchev–Trinajstić information content (AvgIpc) is 3.72. The van der Waals surface area contributed by atoms with E-state index in [0.29, 0.717) is 31.8 Å². The van der Waals surface area contributed by atoms with Crippen molar-refractivity contribution >= 4 is 11.6 Å². The number of aliphatic hydroxyl groups excluding tert-OH is 2. The molecule has 2 fully saturated rings. The molecule has 0 radical (unpaired) electrons. The van der Waals surface area contributed by atoms with Crippen molar-refractivity contribution in [2.75, 3.05) is 33.5 Å². The minimum Gasteiger partial charge on any atom is -0.459 e. The van der Waals surface area contributed by atoms with Crippen molar-refractivity contribution in [1.82, 2.24) is 4.90 Å². The number of carbonyl (C=O) groups is 1. The third kappa shape index (κ3) is 9.00. The Hall–Kier alpha value is -3.66. The Bertz CT molecular complexity index is 1680. The van der Waals surface area contributed by atoms with Gasteiger partial charge in [-0.1, -0.05) is 61.9 Å². The maximum atomic E-state index is 14.3. The van der Waals surface area contributed by atoms with Gasteiger partial charge >= 0.3 is 0 Å². The van der Waals surface area contributed by atoms with E-state index < -0.39 is 11.8 Å². The van der Waals surface area contributed by atoms with Crippen molar-refractivity contribution in [3.05, 3.63) is 77.4 Å². The maximum Gasteiger partial charge on any atom is 0.239 e. The molecule has 55 heavy (non-hydrogen) atoms. The summed E-state index contributed by atoms with van der Waals surface area (Å²) < 4.78 is 20.9. The summed E-state index contributed by atoms with van der Waals surface area (Å²) >= 11 is 0. The monoisotopic (exact) mass is 756 g/mol. The number of amides is 1. The summed E-state index contributed by atoms with van der Waals surface area (Å²) in [4.78, 5) is 22.0. The number of aryl methyl sites for hydroxylation is 2.